The van der Waals surface area contributed by atoms with Crippen LogP contribution in [0, 0.1) is 0 Å². The van der Waals surface area contributed by atoms with Crippen LogP contribution in [0.1, 0.15) is 34.2 Å². The molecular weight excluding hydrogens is 612 g/mol. The van der Waals surface area contributed by atoms with Gasteiger partial charge in [-0.05, 0) is 72.0 Å². The van der Waals surface area contributed by atoms with Crippen LogP contribution in [0.15, 0.2) is 127 Å². The van der Waals surface area contributed by atoms with Crippen LogP contribution in [-0.2, 0) is 24.3 Å². The average molecular weight is 655 g/mol. The molecule has 6 rings (SSSR count). The Morgan fingerprint density at radius 3 is 2.00 bits per heavy atom. The van der Waals surface area contributed by atoms with E-state index in [1.165, 1.54) is 0 Å². The van der Waals surface area contributed by atoms with E-state index in [0.29, 0.717) is 55.1 Å². The van der Waals surface area contributed by atoms with Crippen molar-refractivity contribution in [3.63, 3.8) is 0 Å². The summed E-state index contributed by atoms with van der Waals surface area (Å²) in [7, 11) is 3.33. The summed E-state index contributed by atoms with van der Waals surface area (Å²) in [6.45, 7) is 1.89. The van der Waals surface area contributed by atoms with Crippen molar-refractivity contribution in [3.05, 3.63) is 155 Å². The van der Waals surface area contributed by atoms with Gasteiger partial charge in [0, 0.05) is 30.8 Å². The van der Waals surface area contributed by atoms with Crippen molar-refractivity contribution < 1.29 is 24.1 Å². The van der Waals surface area contributed by atoms with Gasteiger partial charge in [-0.1, -0.05) is 91.0 Å². The van der Waals surface area contributed by atoms with Crippen LogP contribution in [0.5, 0.6) is 23.0 Å². The fraction of sp³-hybridized carbons (Fsp3) is 0.214. The summed E-state index contributed by atoms with van der Waals surface area (Å²) in [5, 5.41) is 15.1. The molecule has 0 saturated heterocycles. The number of benzene rings is 5. The van der Waals surface area contributed by atoms with Crippen LogP contribution in [0.3, 0.4) is 0 Å². The molecule has 1 amide bonds. The zero-order valence-corrected chi connectivity index (χ0v) is 27.9. The number of para-hydroxylation sites is 2. The van der Waals surface area contributed by atoms with Crippen molar-refractivity contribution in [2.45, 2.75) is 38.1 Å². The number of rotatable bonds is 14. The normalized spacial score (nSPS) is 13.2. The molecule has 0 unspecified atom stereocenters. The van der Waals surface area contributed by atoms with E-state index in [1.54, 1.807) is 14.2 Å². The molecule has 0 aromatic heterocycles. The highest BCUT2D eigenvalue weighted by Gasteiger charge is 2.27. The summed E-state index contributed by atoms with van der Waals surface area (Å²) >= 11 is 0. The molecule has 49 heavy (non-hydrogen) atoms. The number of amides is 1. The van der Waals surface area contributed by atoms with Crippen LogP contribution >= 0.6 is 0 Å². The van der Waals surface area contributed by atoms with Gasteiger partial charge in [0.2, 0.25) is 0 Å². The van der Waals surface area contributed by atoms with Gasteiger partial charge in [-0.15, -0.1) is 0 Å². The van der Waals surface area contributed by atoms with E-state index in [-0.39, 0.29) is 5.91 Å². The molecule has 250 valence electrons. The molecule has 7 heteroatoms. The Kier molecular flexibility index (Phi) is 11.1. The zero-order chi connectivity index (χ0) is 34.0. The third kappa shape index (κ3) is 8.76. The molecule has 0 aliphatic carbocycles. The van der Waals surface area contributed by atoms with Gasteiger partial charge < -0.3 is 24.6 Å². The fourth-order valence-corrected chi connectivity index (χ4v) is 6.20. The maximum atomic E-state index is 14.2. The summed E-state index contributed by atoms with van der Waals surface area (Å²) < 4.78 is 17.2. The predicted molar refractivity (Wildman–Crippen MR) is 194 cm³/mol. The van der Waals surface area contributed by atoms with Gasteiger partial charge in [0.1, 0.15) is 23.0 Å². The van der Waals surface area contributed by atoms with Crippen LogP contribution in [-0.4, -0.2) is 48.8 Å². The van der Waals surface area contributed by atoms with E-state index < -0.39 is 12.1 Å². The molecule has 0 saturated carbocycles. The van der Waals surface area contributed by atoms with E-state index in [4.69, 9.17) is 14.2 Å². The maximum absolute atomic E-state index is 14.2. The molecule has 2 N–H and O–H groups in total. The monoisotopic (exact) mass is 654 g/mol. The zero-order valence-electron chi connectivity index (χ0n) is 27.9. The molecule has 1 aliphatic rings. The Bertz CT molecular complexity index is 1840. The van der Waals surface area contributed by atoms with E-state index in [2.05, 4.69) is 22.3 Å². The summed E-state index contributed by atoms with van der Waals surface area (Å²) in [5.74, 6) is 2.63. The van der Waals surface area contributed by atoms with Crippen LogP contribution < -0.4 is 19.5 Å². The summed E-state index contributed by atoms with van der Waals surface area (Å²) in [6, 6.07) is 40.7. The van der Waals surface area contributed by atoms with Crippen molar-refractivity contribution in [2.24, 2.45) is 0 Å². The molecular formula is C42H42N2O5. The Labute approximate surface area is 288 Å². The Hall–Kier alpha value is -5.37. The predicted octanol–water partition coefficient (Wildman–Crippen LogP) is 7.53. The molecule has 7 nitrogen and oxygen atoms in total. The van der Waals surface area contributed by atoms with Crippen molar-refractivity contribution in [1.82, 2.24) is 10.2 Å². The number of aliphatic hydroxyl groups is 1. The van der Waals surface area contributed by atoms with Gasteiger partial charge in [0.15, 0.2) is 0 Å². The summed E-state index contributed by atoms with van der Waals surface area (Å²) in [6.07, 6.45) is 1.95. The molecule has 5 aromatic rings. The van der Waals surface area contributed by atoms with Gasteiger partial charge in [-0.2, -0.15) is 0 Å². The second kappa shape index (κ2) is 16.2. The average Bonchev–Trinajstić information content (AvgIpc) is 3.31. The number of nitrogens with one attached hydrogen (secondary N) is 1. The second-order valence-electron chi connectivity index (χ2n) is 12.2. The molecule has 1 aliphatic heterocycles. The number of fused-ring (bicyclic) bond motifs is 2. The molecule has 2 atom stereocenters. The quantitative estimate of drug-likeness (QED) is 0.129. The summed E-state index contributed by atoms with van der Waals surface area (Å²) in [5.41, 5.74) is 5.24. The summed E-state index contributed by atoms with van der Waals surface area (Å²) in [4.78, 5) is 16.5. The number of carbonyl (C=O) groups excluding carboxylic acids is 1. The van der Waals surface area contributed by atoms with Crippen LogP contribution in [0.2, 0.25) is 0 Å². The van der Waals surface area contributed by atoms with Gasteiger partial charge in [0.05, 0.1) is 31.9 Å². The highest BCUT2D eigenvalue weighted by Crippen LogP contribution is 2.38. The molecule has 0 fully saturated rings. The number of carbonyl (C=O) groups is 1. The van der Waals surface area contributed by atoms with E-state index in [0.717, 1.165) is 33.8 Å². The first-order valence-electron chi connectivity index (χ1n) is 16.6. The Morgan fingerprint density at radius 2 is 1.33 bits per heavy atom. The number of nitrogens with zero attached hydrogens (tertiary/aromatic N) is 1. The largest absolute Gasteiger partial charge is 0.497 e. The first kappa shape index (κ1) is 33.5. The lowest BCUT2D eigenvalue weighted by atomic mass is 9.96. The highest BCUT2D eigenvalue weighted by molar-refractivity contribution is 6.25. The standard InChI is InChI=1S/C42H42N2O5/c1-47-34-17-10-14-31(24-34)28-44(29-32-15-11-18-35(25-32)48-2)23-22-39(45)38(26-30-12-4-3-5-13-30)43-42(46)37-27-33-16-6-8-20-40(33)49-41-21-9-7-19-36(37)41/h3-21,24-25,27,38-39,45H,22-23,26,28-29H2,1-2H3,(H,43,46)/t38-,39+/m0/s1. The van der Waals surface area contributed by atoms with E-state index >= 15 is 0 Å². The lowest BCUT2D eigenvalue weighted by molar-refractivity contribution is -0.117. The Balaban J connectivity index is 1.25. The highest BCUT2D eigenvalue weighted by atomic mass is 16.5. The third-order valence-corrected chi connectivity index (χ3v) is 8.76. The van der Waals surface area contributed by atoms with Gasteiger partial charge in [-0.25, -0.2) is 0 Å². The molecule has 0 spiro atoms. The lowest BCUT2D eigenvalue weighted by Gasteiger charge is -2.28. The van der Waals surface area contributed by atoms with Crippen molar-refractivity contribution in [1.29, 1.82) is 0 Å². The number of aliphatic hydroxyl groups excluding tert-OH is 1. The number of hydrogen-bond donors (Lipinski definition) is 2. The van der Waals surface area contributed by atoms with Crippen molar-refractivity contribution >= 4 is 17.6 Å². The number of methoxy groups -OCH3 is 2. The van der Waals surface area contributed by atoms with Gasteiger partial charge in [-0.3, -0.25) is 9.69 Å². The smallest absolute Gasteiger partial charge is 0.252 e. The van der Waals surface area contributed by atoms with E-state index in [1.807, 2.05) is 121 Å². The minimum Gasteiger partial charge on any atom is -0.497 e. The Morgan fingerprint density at radius 1 is 0.735 bits per heavy atom. The third-order valence-electron chi connectivity index (χ3n) is 8.76. The molecule has 1 heterocycles. The molecule has 0 radical (unpaired) electrons. The minimum absolute atomic E-state index is 0.266. The van der Waals surface area contributed by atoms with Crippen molar-refractivity contribution in [3.8, 4) is 23.0 Å². The van der Waals surface area contributed by atoms with Gasteiger partial charge in [0.25, 0.3) is 5.91 Å². The number of ether oxygens (including phenoxy) is 3. The van der Waals surface area contributed by atoms with Crippen molar-refractivity contribution in [2.75, 3.05) is 20.8 Å². The first-order chi connectivity index (χ1) is 24.0. The second-order valence-corrected chi connectivity index (χ2v) is 12.2. The molecule has 5 aromatic carbocycles. The number of hydrogen-bond acceptors (Lipinski definition) is 6. The molecule has 0 bridgehead atoms. The van der Waals surface area contributed by atoms with Crippen LogP contribution in [0.25, 0.3) is 11.6 Å². The van der Waals surface area contributed by atoms with Gasteiger partial charge >= 0.3 is 0 Å². The maximum Gasteiger partial charge on any atom is 0.252 e. The fourth-order valence-electron chi connectivity index (χ4n) is 6.20. The SMILES string of the molecule is COc1cccc(CN(CC[C@@H](O)[C@H](Cc2ccccc2)NC(=O)C2=Cc3ccccc3Oc3ccccc32)Cc2cccc(OC)c2)c1. The lowest BCUT2D eigenvalue weighted by Crippen LogP contribution is -2.46. The minimum atomic E-state index is -0.826. The van der Waals surface area contributed by atoms with Crippen LogP contribution in [0.4, 0.5) is 0 Å². The topological polar surface area (TPSA) is 80.3 Å². The van der Waals surface area contributed by atoms with E-state index in [9.17, 15) is 9.90 Å². The first-order valence-corrected chi connectivity index (χ1v) is 16.6.